The van der Waals surface area contributed by atoms with Gasteiger partial charge in [-0.2, -0.15) is 0 Å². The van der Waals surface area contributed by atoms with Crippen molar-refractivity contribution in [3.63, 3.8) is 0 Å². The molecule has 0 amide bonds. The Balaban J connectivity index is 1.37. The molecule has 1 heterocycles. The fourth-order valence-electron chi connectivity index (χ4n) is 5.81. The highest BCUT2D eigenvalue weighted by molar-refractivity contribution is 5.83. The summed E-state index contributed by atoms with van der Waals surface area (Å²) in [6, 6.07) is 0. The molecule has 27 heavy (non-hydrogen) atoms. The molecule has 0 aromatic rings. The molecule has 1 saturated heterocycles. The lowest BCUT2D eigenvalue weighted by atomic mass is 9.67. The first-order chi connectivity index (χ1) is 13.2. The first kappa shape index (κ1) is 21.3. The summed E-state index contributed by atoms with van der Waals surface area (Å²) in [4.78, 5) is 12.9. The molecule has 0 N–H and O–H groups in total. The topological polar surface area (TPSA) is 35.5 Å². The van der Waals surface area contributed by atoms with Crippen LogP contribution in [0.1, 0.15) is 97.3 Å². The van der Waals surface area contributed by atoms with Crippen LogP contribution in [0.25, 0.3) is 0 Å². The third-order valence-corrected chi connectivity index (χ3v) is 7.66. The number of hydrogen-bond acceptors (Lipinski definition) is 3. The fourth-order valence-corrected chi connectivity index (χ4v) is 5.81. The van der Waals surface area contributed by atoms with Crippen LogP contribution >= 0.6 is 0 Å². The molecule has 1 aliphatic heterocycles. The minimum Gasteiger partial charge on any atom is -0.352 e. The quantitative estimate of drug-likeness (QED) is 0.475. The minimum atomic E-state index is -0.299. The Morgan fingerprint density at radius 3 is 2.07 bits per heavy atom. The fraction of sp³-hybridized carbons (Fsp3) is 0.958. The van der Waals surface area contributed by atoms with Gasteiger partial charge in [-0.3, -0.25) is 4.79 Å². The number of Topliss-reactive ketones (excluding diaryl/α,β-unsaturated/α-hetero) is 1. The van der Waals surface area contributed by atoms with Gasteiger partial charge >= 0.3 is 0 Å². The second-order valence-corrected chi connectivity index (χ2v) is 9.54. The van der Waals surface area contributed by atoms with Crippen molar-refractivity contribution in [1.82, 2.24) is 0 Å². The van der Waals surface area contributed by atoms with Crippen LogP contribution in [0.3, 0.4) is 0 Å². The predicted molar refractivity (Wildman–Crippen MR) is 110 cm³/mol. The summed E-state index contributed by atoms with van der Waals surface area (Å²) >= 11 is 0. The molecule has 0 spiro atoms. The smallest absolute Gasteiger partial charge is 0.166 e. The van der Waals surface area contributed by atoms with Crippen LogP contribution in [0, 0.1) is 29.6 Å². The maximum atomic E-state index is 12.9. The molecule has 1 unspecified atom stereocenters. The summed E-state index contributed by atoms with van der Waals surface area (Å²) in [7, 11) is 0. The maximum Gasteiger partial charge on any atom is 0.166 e. The van der Waals surface area contributed by atoms with Crippen molar-refractivity contribution in [1.29, 1.82) is 0 Å². The molecule has 3 nitrogen and oxygen atoms in total. The van der Waals surface area contributed by atoms with E-state index in [1.54, 1.807) is 0 Å². The van der Waals surface area contributed by atoms with E-state index in [4.69, 9.17) is 9.47 Å². The zero-order valence-electron chi connectivity index (χ0n) is 17.8. The lowest BCUT2D eigenvalue weighted by Gasteiger charge is -2.38. The highest BCUT2D eigenvalue weighted by Gasteiger charge is 2.36. The summed E-state index contributed by atoms with van der Waals surface area (Å²) in [6.45, 7) is 5.77. The van der Waals surface area contributed by atoms with Gasteiger partial charge in [0.15, 0.2) is 6.29 Å². The zero-order valence-corrected chi connectivity index (χ0v) is 17.8. The van der Waals surface area contributed by atoms with Crippen molar-refractivity contribution in [2.75, 3.05) is 13.2 Å². The average Bonchev–Trinajstić information content (AvgIpc) is 2.74. The van der Waals surface area contributed by atoms with Crippen LogP contribution in [-0.2, 0) is 14.3 Å². The van der Waals surface area contributed by atoms with Crippen LogP contribution < -0.4 is 0 Å². The standard InChI is InChI=1S/C24H42O3/c1-3-4-5-7-19-8-10-20(11-9-19)21-12-14-22(15-13-21)23(25)18(2)24-26-16-6-17-27-24/h18-22,24H,3-17H2,1-2H3. The van der Waals surface area contributed by atoms with Crippen molar-refractivity contribution in [3.8, 4) is 0 Å². The van der Waals surface area contributed by atoms with E-state index in [-0.39, 0.29) is 18.1 Å². The largest absolute Gasteiger partial charge is 0.352 e. The molecular weight excluding hydrogens is 336 g/mol. The van der Waals surface area contributed by atoms with Gasteiger partial charge in [0.1, 0.15) is 5.78 Å². The highest BCUT2D eigenvalue weighted by Crippen LogP contribution is 2.43. The molecule has 0 aromatic carbocycles. The van der Waals surface area contributed by atoms with E-state index in [1.807, 2.05) is 6.92 Å². The number of ether oxygens (including phenoxy) is 2. The molecule has 0 bridgehead atoms. The van der Waals surface area contributed by atoms with Crippen LogP contribution in [0.4, 0.5) is 0 Å². The molecule has 0 radical (unpaired) electrons. The molecule has 3 aliphatic rings. The van der Waals surface area contributed by atoms with E-state index >= 15 is 0 Å². The Bertz CT molecular complexity index is 427. The molecule has 3 heteroatoms. The van der Waals surface area contributed by atoms with E-state index in [1.165, 1.54) is 64.2 Å². The van der Waals surface area contributed by atoms with Gasteiger partial charge < -0.3 is 9.47 Å². The summed E-state index contributed by atoms with van der Waals surface area (Å²) in [6.07, 6.45) is 16.8. The molecule has 1 atom stereocenters. The average molecular weight is 379 g/mol. The van der Waals surface area contributed by atoms with Crippen molar-refractivity contribution in [2.45, 2.75) is 104 Å². The van der Waals surface area contributed by atoms with Gasteiger partial charge in [0.05, 0.1) is 19.1 Å². The number of rotatable bonds is 8. The first-order valence-corrected chi connectivity index (χ1v) is 12.0. The molecular formula is C24H42O3. The van der Waals surface area contributed by atoms with E-state index in [9.17, 15) is 4.79 Å². The van der Waals surface area contributed by atoms with Crippen LogP contribution in [-0.4, -0.2) is 25.3 Å². The molecule has 2 saturated carbocycles. The molecule has 0 aromatic heterocycles. The van der Waals surface area contributed by atoms with E-state index in [0.717, 1.165) is 50.2 Å². The Kier molecular flexibility index (Phi) is 8.64. The number of ketones is 1. The van der Waals surface area contributed by atoms with Crippen LogP contribution in [0.5, 0.6) is 0 Å². The van der Waals surface area contributed by atoms with Crippen LogP contribution in [0.2, 0.25) is 0 Å². The zero-order chi connectivity index (χ0) is 19.1. The van der Waals surface area contributed by atoms with Gasteiger partial charge in [0.25, 0.3) is 0 Å². The lowest BCUT2D eigenvalue weighted by molar-refractivity contribution is -0.203. The number of unbranched alkanes of at least 4 members (excludes halogenated alkanes) is 2. The Labute approximate surface area is 167 Å². The first-order valence-electron chi connectivity index (χ1n) is 12.0. The van der Waals surface area contributed by atoms with E-state index < -0.39 is 0 Å². The number of carbonyl (C=O) groups is 1. The third-order valence-electron chi connectivity index (χ3n) is 7.66. The maximum absolute atomic E-state index is 12.9. The van der Waals surface area contributed by atoms with Crippen molar-refractivity contribution in [2.24, 2.45) is 29.6 Å². The van der Waals surface area contributed by atoms with Gasteiger partial charge in [0.2, 0.25) is 0 Å². The normalized spacial score (nSPS) is 34.3. The van der Waals surface area contributed by atoms with Gasteiger partial charge in [-0.05, 0) is 62.7 Å². The molecule has 3 fully saturated rings. The SMILES string of the molecule is CCCCCC1CCC(C2CCC(C(=O)C(C)C3OCCCO3)CC2)CC1. The van der Waals surface area contributed by atoms with Crippen molar-refractivity contribution < 1.29 is 14.3 Å². The second-order valence-electron chi connectivity index (χ2n) is 9.54. The van der Waals surface area contributed by atoms with E-state index in [2.05, 4.69) is 6.92 Å². The summed E-state index contributed by atoms with van der Waals surface area (Å²) in [5, 5.41) is 0. The van der Waals surface area contributed by atoms with E-state index in [0.29, 0.717) is 5.78 Å². The van der Waals surface area contributed by atoms with Gasteiger partial charge in [-0.25, -0.2) is 0 Å². The lowest BCUT2D eigenvalue weighted by Crippen LogP contribution is -2.39. The summed E-state index contributed by atoms with van der Waals surface area (Å²) < 4.78 is 11.3. The Hall–Kier alpha value is -0.410. The highest BCUT2D eigenvalue weighted by atomic mass is 16.7. The monoisotopic (exact) mass is 378 g/mol. The number of hydrogen-bond donors (Lipinski definition) is 0. The third kappa shape index (κ3) is 6.03. The van der Waals surface area contributed by atoms with Crippen molar-refractivity contribution in [3.05, 3.63) is 0 Å². The molecule has 156 valence electrons. The van der Waals surface area contributed by atoms with Gasteiger partial charge in [0, 0.05) is 5.92 Å². The van der Waals surface area contributed by atoms with Gasteiger partial charge in [-0.1, -0.05) is 52.4 Å². The van der Waals surface area contributed by atoms with Crippen molar-refractivity contribution >= 4 is 5.78 Å². The minimum absolute atomic E-state index is 0.106. The Morgan fingerprint density at radius 2 is 1.48 bits per heavy atom. The molecule has 2 aliphatic carbocycles. The van der Waals surface area contributed by atoms with Gasteiger partial charge in [-0.15, -0.1) is 0 Å². The summed E-state index contributed by atoms with van der Waals surface area (Å²) in [5.41, 5.74) is 0. The Morgan fingerprint density at radius 1 is 0.889 bits per heavy atom. The second kappa shape index (κ2) is 11.0. The predicted octanol–water partition coefficient (Wildman–Crippen LogP) is 6.15. The molecule has 3 rings (SSSR count). The number of carbonyl (C=O) groups excluding carboxylic acids is 1. The summed E-state index contributed by atoms with van der Waals surface area (Å²) in [5.74, 6) is 3.34. The van der Waals surface area contributed by atoms with Crippen LogP contribution in [0.15, 0.2) is 0 Å².